The Kier molecular flexibility index (Phi) is 4.02. The summed E-state index contributed by atoms with van der Waals surface area (Å²) in [4.78, 5) is 15.6. The van der Waals surface area contributed by atoms with Gasteiger partial charge in [0.1, 0.15) is 5.69 Å². The maximum atomic E-state index is 11.2. The summed E-state index contributed by atoms with van der Waals surface area (Å²) in [7, 11) is 0. The van der Waals surface area contributed by atoms with Crippen LogP contribution in [0.3, 0.4) is 0 Å². The molecular formula is C14H19N5O2. The van der Waals surface area contributed by atoms with Crippen LogP contribution < -0.4 is 0 Å². The maximum Gasteiger partial charge on any atom is 0.305 e. The Morgan fingerprint density at radius 1 is 1.38 bits per heavy atom. The van der Waals surface area contributed by atoms with E-state index in [0.29, 0.717) is 11.5 Å². The van der Waals surface area contributed by atoms with Gasteiger partial charge in [0.25, 0.3) is 0 Å². The number of nitrogens with zero attached hydrogens (tertiary/aromatic N) is 5. The molecule has 7 heteroatoms. The molecule has 0 spiro atoms. The first kappa shape index (κ1) is 15.1. The molecule has 21 heavy (non-hydrogen) atoms. The number of carboxylic acid groups (broad SMARTS) is 1. The van der Waals surface area contributed by atoms with Gasteiger partial charge >= 0.3 is 5.97 Å². The molecule has 2 aromatic rings. The van der Waals surface area contributed by atoms with E-state index in [-0.39, 0.29) is 17.9 Å². The van der Waals surface area contributed by atoms with Gasteiger partial charge in [-0.1, -0.05) is 26.8 Å². The molecule has 2 rings (SSSR count). The molecule has 2 heterocycles. The Balaban J connectivity index is 2.49. The van der Waals surface area contributed by atoms with Crippen LogP contribution in [0.15, 0.2) is 18.2 Å². The highest BCUT2D eigenvalue weighted by Gasteiger charge is 2.32. The number of rotatable bonds is 4. The van der Waals surface area contributed by atoms with Crippen molar-refractivity contribution in [3.05, 3.63) is 23.9 Å². The number of hydrogen-bond donors (Lipinski definition) is 1. The molecule has 7 nitrogen and oxygen atoms in total. The molecule has 0 saturated heterocycles. The minimum atomic E-state index is -0.881. The molecule has 0 aliphatic heterocycles. The van der Waals surface area contributed by atoms with E-state index in [0.717, 1.165) is 5.69 Å². The summed E-state index contributed by atoms with van der Waals surface area (Å²) in [6, 6.07) is 5.22. The second kappa shape index (κ2) is 5.59. The Morgan fingerprint density at radius 2 is 2.10 bits per heavy atom. The highest BCUT2D eigenvalue weighted by atomic mass is 16.4. The molecule has 1 unspecified atom stereocenters. The molecule has 0 amide bonds. The Bertz CT molecular complexity index is 645. The topological polar surface area (TPSA) is 93.8 Å². The fraction of sp³-hybridized carbons (Fsp3) is 0.500. The summed E-state index contributed by atoms with van der Waals surface area (Å²) in [6.45, 7) is 7.79. The van der Waals surface area contributed by atoms with Gasteiger partial charge in [0, 0.05) is 5.69 Å². The zero-order chi connectivity index (χ0) is 15.6. The molecular weight excluding hydrogens is 270 g/mol. The number of hydrogen-bond acceptors (Lipinski definition) is 5. The summed E-state index contributed by atoms with van der Waals surface area (Å²) in [6.07, 6.45) is -0.0483. The second-order valence-electron chi connectivity index (χ2n) is 6.09. The van der Waals surface area contributed by atoms with Crippen molar-refractivity contribution >= 4 is 5.97 Å². The van der Waals surface area contributed by atoms with Crippen molar-refractivity contribution in [1.29, 1.82) is 0 Å². The van der Waals surface area contributed by atoms with Crippen LogP contribution in [0.5, 0.6) is 0 Å². The number of aryl methyl sites for hydroxylation is 1. The molecule has 112 valence electrons. The number of carbonyl (C=O) groups is 1. The quantitative estimate of drug-likeness (QED) is 0.926. The van der Waals surface area contributed by atoms with E-state index in [4.69, 9.17) is 5.11 Å². The van der Waals surface area contributed by atoms with E-state index < -0.39 is 5.97 Å². The smallest absolute Gasteiger partial charge is 0.305 e. The predicted octanol–water partition coefficient (Wildman–Crippen LogP) is 2.11. The normalized spacial score (nSPS) is 13.1. The summed E-state index contributed by atoms with van der Waals surface area (Å²) in [5, 5.41) is 20.9. The average Bonchev–Trinajstić information content (AvgIpc) is 2.83. The van der Waals surface area contributed by atoms with E-state index in [2.05, 4.69) is 20.5 Å². The van der Waals surface area contributed by atoms with E-state index in [1.54, 1.807) is 4.68 Å². The average molecular weight is 289 g/mol. The van der Waals surface area contributed by atoms with E-state index >= 15 is 0 Å². The highest BCUT2D eigenvalue weighted by molar-refractivity contribution is 5.67. The third-order valence-corrected chi connectivity index (χ3v) is 3.27. The maximum absolute atomic E-state index is 11.2. The molecule has 1 N–H and O–H groups in total. The first-order valence-corrected chi connectivity index (χ1v) is 6.72. The number of aromatic nitrogens is 5. The number of pyridine rings is 1. The molecule has 0 aliphatic rings. The van der Waals surface area contributed by atoms with Crippen molar-refractivity contribution in [2.24, 2.45) is 5.41 Å². The molecule has 0 aromatic carbocycles. The third kappa shape index (κ3) is 3.42. The summed E-state index contributed by atoms with van der Waals surface area (Å²) < 4.78 is 1.57. The minimum Gasteiger partial charge on any atom is -0.481 e. The number of tetrazole rings is 1. The second-order valence-corrected chi connectivity index (χ2v) is 6.09. The van der Waals surface area contributed by atoms with Crippen LogP contribution in [-0.4, -0.2) is 36.3 Å². The monoisotopic (exact) mass is 289 g/mol. The van der Waals surface area contributed by atoms with Gasteiger partial charge in [-0.25, -0.2) is 9.67 Å². The molecule has 0 aliphatic carbocycles. The van der Waals surface area contributed by atoms with Crippen LogP contribution in [0.4, 0.5) is 0 Å². The summed E-state index contributed by atoms with van der Waals surface area (Å²) >= 11 is 0. The van der Waals surface area contributed by atoms with Gasteiger partial charge in [-0.05, 0) is 34.9 Å². The van der Waals surface area contributed by atoms with Crippen LogP contribution in [-0.2, 0) is 4.79 Å². The van der Waals surface area contributed by atoms with Crippen molar-refractivity contribution in [2.45, 2.75) is 40.2 Å². The highest BCUT2D eigenvalue weighted by Crippen LogP contribution is 2.34. The largest absolute Gasteiger partial charge is 0.481 e. The SMILES string of the molecule is Cc1cccc(-c2nnnn2C(CC(=O)O)C(C)(C)C)n1. The van der Waals surface area contributed by atoms with Crippen molar-refractivity contribution in [3.63, 3.8) is 0 Å². The Morgan fingerprint density at radius 3 is 2.67 bits per heavy atom. The lowest BCUT2D eigenvalue weighted by atomic mass is 9.84. The first-order chi connectivity index (χ1) is 9.79. The molecule has 1 atom stereocenters. The lowest BCUT2D eigenvalue weighted by Gasteiger charge is -2.29. The van der Waals surface area contributed by atoms with E-state index in [1.165, 1.54) is 0 Å². The fourth-order valence-corrected chi connectivity index (χ4v) is 2.16. The van der Waals surface area contributed by atoms with Crippen molar-refractivity contribution in [1.82, 2.24) is 25.2 Å². The fourth-order valence-electron chi connectivity index (χ4n) is 2.16. The van der Waals surface area contributed by atoms with Crippen LogP contribution in [0.1, 0.15) is 38.9 Å². The van der Waals surface area contributed by atoms with Crippen LogP contribution >= 0.6 is 0 Å². The third-order valence-electron chi connectivity index (χ3n) is 3.27. The zero-order valence-electron chi connectivity index (χ0n) is 12.6. The lowest BCUT2D eigenvalue weighted by molar-refractivity contribution is -0.138. The predicted molar refractivity (Wildman–Crippen MR) is 76.5 cm³/mol. The van der Waals surface area contributed by atoms with E-state index in [1.807, 2.05) is 45.9 Å². The van der Waals surface area contributed by atoms with Gasteiger partial charge in [0.2, 0.25) is 5.82 Å². The van der Waals surface area contributed by atoms with E-state index in [9.17, 15) is 4.79 Å². The van der Waals surface area contributed by atoms with Gasteiger partial charge in [0.05, 0.1) is 12.5 Å². The number of aliphatic carboxylic acids is 1. The van der Waals surface area contributed by atoms with Gasteiger partial charge in [-0.2, -0.15) is 0 Å². The van der Waals surface area contributed by atoms with Crippen LogP contribution in [0.2, 0.25) is 0 Å². The first-order valence-electron chi connectivity index (χ1n) is 6.72. The van der Waals surface area contributed by atoms with Crippen LogP contribution in [0.25, 0.3) is 11.5 Å². The summed E-state index contributed by atoms with van der Waals surface area (Å²) in [5.41, 5.74) is 1.19. The standard InChI is InChI=1S/C14H19N5O2/c1-9-6-5-7-10(15-9)13-16-17-18-19(13)11(8-12(20)21)14(2,3)4/h5-7,11H,8H2,1-4H3,(H,20,21). The zero-order valence-corrected chi connectivity index (χ0v) is 12.6. The lowest BCUT2D eigenvalue weighted by Crippen LogP contribution is -2.28. The number of carboxylic acids is 1. The summed E-state index contributed by atoms with van der Waals surface area (Å²) in [5.74, 6) is -0.395. The molecule has 0 radical (unpaired) electrons. The molecule has 0 saturated carbocycles. The Labute approximate surface area is 123 Å². The van der Waals surface area contributed by atoms with Gasteiger partial charge < -0.3 is 5.11 Å². The molecule has 2 aromatic heterocycles. The van der Waals surface area contributed by atoms with Crippen molar-refractivity contribution in [3.8, 4) is 11.5 Å². The van der Waals surface area contributed by atoms with Crippen LogP contribution in [0, 0.1) is 12.3 Å². The van der Waals surface area contributed by atoms with Gasteiger partial charge in [-0.3, -0.25) is 4.79 Å². The van der Waals surface area contributed by atoms with Gasteiger partial charge in [-0.15, -0.1) is 5.10 Å². The minimum absolute atomic E-state index is 0.0483. The molecule has 0 bridgehead atoms. The Hall–Kier alpha value is -2.31. The van der Waals surface area contributed by atoms with Crippen molar-refractivity contribution in [2.75, 3.05) is 0 Å². The van der Waals surface area contributed by atoms with Gasteiger partial charge in [0.15, 0.2) is 0 Å². The van der Waals surface area contributed by atoms with Crippen molar-refractivity contribution < 1.29 is 9.90 Å². The molecule has 0 fully saturated rings.